The van der Waals surface area contributed by atoms with E-state index in [1.165, 1.54) is 24.5 Å². The molecule has 0 aliphatic carbocycles. The van der Waals surface area contributed by atoms with E-state index in [9.17, 15) is 4.39 Å². The van der Waals surface area contributed by atoms with Gasteiger partial charge >= 0.3 is 0 Å². The van der Waals surface area contributed by atoms with Gasteiger partial charge in [0.15, 0.2) is 0 Å². The van der Waals surface area contributed by atoms with E-state index in [0.29, 0.717) is 11.3 Å². The number of nitrogens with zero attached hydrogens (tertiary/aromatic N) is 2. The van der Waals surface area contributed by atoms with Crippen LogP contribution in [0.1, 0.15) is 0 Å². The standard InChI is InChI=1S/C10H6Cl2FN3/c11-7-3-5(13)1-2-6(7)9-8(12)10(14)16-4-15-9/h1-4H,(H2,14,15,16). The second kappa shape index (κ2) is 4.23. The van der Waals surface area contributed by atoms with Crippen LogP contribution in [0.25, 0.3) is 11.3 Å². The van der Waals surface area contributed by atoms with Gasteiger partial charge in [-0.05, 0) is 18.2 Å². The van der Waals surface area contributed by atoms with Gasteiger partial charge in [0, 0.05) is 5.56 Å². The minimum absolute atomic E-state index is 0.159. The Morgan fingerprint density at radius 3 is 2.62 bits per heavy atom. The molecule has 2 N–H and O–H groups in total. The number of halogens is 3. The van der Waals surface area contributed by atoms with Gasteiger partial charge in [-0.2, -0.15) is 0 Å². The normalized spacial score (nSPS) is 10.4. The first kappa shape index (κ1) is 11.1. The molecule has 6 heteroatoms. The van der Waals surface area contributed by atoms with Crippen LogP contribution in [0.5, 0.6) is 0 Å². The number of nitrogens with two attached hydrogens (primary N) is 1. The van der Waals surface area contributed by atoms with Crippen LogP contribution < -0.4 is 5.73 Å². The van der Waals surface area contributed by atoms with E-state index < -0.39 is 5.82 Å². The number of aromatic nitrogens is 2. The van der Waals surface area contributed by atoms with Gasteiger partial charge in [-0.25, -0.2) is 14.4 Å². The van der Waals surface area contributed by atoms with Crippen molar-refractivity contribution in [3.05, 3.63) is 40.4 Å². The van der Waals surface area contributed by atoms with Gasteiger partial charge in [0.05, 0.1) is 10.7 Å². The summed E-state index contributed by atoms with van der Waals surface area (Å²) in [4.78, 5) is 7.70. The minimum Gasteiger partial charge on any atom is -0.382 e. The number of hydrogen-bond acceptors (Lipinski definition) is 3. The Hall–Kier alpha value is -1.39. The van der Waals surface area contributed by atoms with Gasteiger partial charge in [0.2, 0.25) is 0 Å². The van der Waals surface area contributed by atoms with Crippen LogP contribution in [-0.2, 0) is 0 Å². The monoisotopic (exact) mass is 257 g/mol. The van der Waals surface area contributed by atoms with Crippen LogP contribution in [-0.4, -0.2) is 9.97 Å². The summed E-state index contributed by atoms with van der Waals surface area (Å²) >= 11 is 11.8. The van der Waals surface area contributed by atoms with Crippen molar-refractivity contribution in [3.8, 4) is 11.3 Å². The fourth-order valence-corrected chi connectivity index (χ4v) is 1.71. The molecule has 0 radical (unpaired) electrons. The molecule has 0 aliphatic heterocycles. The Morgan fingerprint density at radius 1 is 1.19 bits per heavy atom. The van der Waals surface area contributed by atoms with Crippen molar-refractivity contribution in [2.24, 2.45) is 0 Å². The molecule has 82 valence electrons. The van der Waals surface area contributed by atoms with Gasteiger partial charge < -0.3 is 5.73 Å². The van der Waals surface area contributed by atoms with Crippen LogP contribution in [0.15, 0.2) is 24.5 Å². The fraction of sp³-hybridized carbons (Fsp3) is 0. The Morgan fingerprint density at radius 2 is 1.94 bits per heavy atom. The van der Waals surface area contributed by atoms with Crippen molar-refractivity contribution in [2.75, 3.05) is 5.73 Å². The lowest BCUT2D eigenvalue weighted by molar-refractivity contribution is 0.628. The van der Waals surface area contributed by atoms with Crippen LogP contribution in [0, 0.1) is 5.82 Å². The Kier molecular flexibility index (Phi) is 2.94. The highest BCUT2D eigenvalue weighted by Gasteiger charge is 2.12. The summed E-state index contributed by atoms with van der Waals surface area (Å²) in [7, 11) is 0. The minimum atomic E-state index is -0.424. The molecule has 0 saturated carbocycles. The van der Waals surface area contributed by atoms with E-state index in [-0.39, 0.29) is 15.9 Å². The fourth-order valence-electron chi connectivity index (χ4n) is 1.25. The van der Waals surface area contributed by atoms with Gasteiger partial charge in [0.25, 0.3) is 0 Å². The number of anilines is 1. The lowest BCUT2D eigenvalue weighted by atomic mass is 10.1. The van der Waals surface area contributed by atoms with Crippen molar-refractivity contribution in [3.63, 3.8) is 0 Å². The predicted molar refractivity (Wildman–Crippen MR) is 61.9 cm³/mol. The Labute approximate surface area is 101 Å². The lowest BCUT2D eigenvalue weighted by Crippen LogP contribution is -1.96. The molecule has 1 heterocycles. The number of benzene rings is 1. The molecule has 3 nitrogen and oxygen atoms in total. The second-order valence-corrected chi connectivity index (χ2v) is 3.83. The number of rotatable bonds is 1. The Balaban J connectivity index is 2.63. The second-order valence-electron chi connectivity index (χ2n) is 3.05. The maximum absolute atomic E-state index is 12.9. The third kappa shape index (κ3) is 1.94. The van der Waals surface area contributed by atoms with Gasteiger partial charge in [0.1, 0.15) is 23.0 Å². The van der Waals surface area contributed by atoms with E-state index in [1.807, 2.05) is 0 Å². The largest absolute Gasteiger partial charge is 0.382 e. The van der Waals surface area contributed by atoms with E-state index >= 15 is 0 Å². The van der Waals surface area contributed by atoms with Crippen LogP contribution in [0.2, 0.25) is 10.0 Å². The maximum atomic E-state index is 12.9. The van der Waals surface area contributed by atoms with Crippen molar-refractivity contribution in [1.82, 2.24) is 9.97 Å². The molecule has 0 aliphatic rings. The summed E-state index contributed by atoms with van der Waals surface area (Å²) in [6.45, 7) is 0. The molecule has 2 aromatic rings. The summed E-state index contributed by atoms with van der Waals surface area (Å²) < 4.78 is 12.9. The smallest absolute Gasteiger partial charge is 0.146 e. The van der Waals surface area contributed by atoms with E-state index in [2.05, 4.69) is 9.97 Å². The van der Waals surface area contributed by atoms with E-state index in [1.54, 1.807) is 0 Å². The van der Waals surface area contributed by atoms with Crippen molar-refractivity contribution < 1.29 is 4.39 Å². The molecular weight excluding hydrogens is 252 g/mol. The number of hydrogen-bond donors (Lipinski definition) is 1. The highest BCUT2D eigenvalue weighted by atomic mass is 35.5. The quantitative estimate of drug-likeness (QED) is 0.854. The van der Waals surface area contributed by atoms with E-state index in [0.717, 1.165) is 0 Å². The average Bonchev–Trinajstić information content (AvgIpc) is 2.23. The summed E-state index contributed by atoms with van der Waals surface area (Å²) in [5.74, 6) is -0.265. The summed E-state index contributed by atoms with van der Waals surface area (Å²) in [6, 6.07) is 3.95. The first-order valence-electron chi connectivity index (χ1n) is 4.31. The number of nitrogen functional groups attached to an aromatic ring is 1. The molecule has 0 bridgehead atoms. The molecular formula is C10H6Cl2FN3. The SMILES string of the molecule is Nc1ncnc(-c2ccc(F)cc2Cl)c1Cl. The van der Waals surface area contributed by atoms with Crippen molar-refractivity contribution >= 4 is 29.0 Å². The third-order valence-electron chi connectivity index (χ3n) is 2.00. The first-order valence-corrected chi connectivity index (χ1v) is 5.06. The molecule has 1 aromatic heterocycles. The molecule has 0 atom stereocenters. The van der Waals surface area contributed by atoms with Crippen LogP contribution in [0.3, 0.4) is 0 Å². The van der Waals surface area contributed by atoms with Crippen LogP contribution in [0.4, 0.5) is 10.2 Å². The molecule has 0 unspecified atom stereocenters. The molecule has 0 spiro atoms. The molecule has 2 rings (SSSR count). The molecule has 0 amide bonds. The lowest BCUT2D eigenvalue weighted by Gasteiger charge is -2.06. The summed E-state index contributed by atoms with van der Waals surface area (Å²) in [5, 5.41) is 0.427. The third-order valence-corrected chi connectivity index (χ3v) is 2.69. The summed E-state index contributed by atoms with van der Waals surface area (Å²) in [5.41, 5.74) is 6.44. The molecule has 0 fully saturated rings. The molecule has 16 heavy (non-hydrogen) atoms. The maximum Gasteiger partial charge on any atom is 0.146 e. The zero-order chi connectivity index (χ0) is 11.7. The zero-order valence-corrected chi connectivity index (χ0v) is 9.43. The molecule has 1 aromatic carbocycles. The van der Waals surface area contributed by atoms with Gasteiger partial charge in [-0.3, -0.25) is 0 Å². The highest BCUT2D eigenvalue weighted by Crippen LogP contribution is 2.33. The van der Waals surface area contributed by atoms with Crippen molar-refractivity contribution in [1.29, 1.82) is 0 Å². The van der Waals surface area contributed by atoms with Crippen molar-refractivity contribution in [2.45, 2.75) is 0 Å². The average molecular weight is 258 g/mol. The van der Waals surface area contributed by atoms with Gasteiger partial charge in [-0.15, -0.1) is 0 Å². The van der Waals surface area contributed by atoms with Gasteiger partial charge in [-0.1, -0.05) is 23.2 Å². The predicted octanol–water partition coefficient (Wildman–Crippen LogP) is 3.17. The first-order chi connectivity index (χ1) is 7.59. The zero-order valence-electron chi connectivity index (χ0n) is 7.92. The van der Waals surface area contributed by atoms with E-state index in [4.69, 9.17) is 28.9 Å². The molecule has 0 saturated heterocycles. The summed E-state index contributed by atoms with van der Waals surface area (Å²) in [6.07, 6.45) is 1.27. The topological polar surface area (TPSA) is 51.8 Å². The Bertz CT molecular complexity index is 546. The highest BCUT2D eigenvalue weighted by molar-refractivity contribution is 6.37. The van der Waals surface area contributed by atoms with Crippen LogP contribution >= 0.6 is 23.2 Å².